The van der Waals surface area contributed by atoms with Crippen LogP contribution >= 0.6 is 0 Å². The first-order chi connectivity index (χ1) is 63.6. The minimum Gasteiger partial charge on any atom is -0.309 e. The molecule has 0 saturated carbocycles. The Kier molecular flexibility index (Phi) is 17.5. The van der Waals surface area contributed by atoms with Crippen molar-refractivity contribution in [2.45, 2.75) is 0 Å². The zero-order chi connectivity index (χ0) is 84.3. The van der Waals surface area contributed by atoms with Crippen LogP contribution in [0.25, 0.3) is 231 Å². The summed E-state index contributed by atoms with van der Waals surface area (Å²) in [5.41, 5.74) is 31.4. The minimum absolute atomic E-state index is 1.16. The maximum atomic E-state index is 2.49. The third kappa shape index (κ3) is 12.0. The summed E-state index contributed by atoms with van der Waals surface area (Å²) in [6, 6.07) is 176. The number of benzene rings is 21. The van der Waals surface area contributed by atoms with E-state index < -0.39 is 0 Å². The lowest BCUT2D eigenvalue weighted by molar-refractivity contribution is 1.17. The fourth-order valence-corrected chi connectivity index (χ4v) is 20.6. The van der Waals surface area contributed by atoms with Gasteiger partial charge in [-0.15, -0.1) is 0 Å². The summed E-state index contributed by atoms with van der Waals surface area (Å²) in [6.07, 6.45) is 0. The van der Waals surface area contributed by atoms with Crippen molar-refractivity contribution in [3.8, 4) is 78.6 Å². The van der Waals surface area contributed by atoms with E-state index >= 15 is 0 Å². The molecule has 0 saturated heterocycles. The smallest absolute Gasteiger partial charge is 0.0641 e. The molecule has 27 rings (SSSR count). The number of hydrogen-bond donors (Lipinski definition) is 0. The van der Waals surface area contributed by atoms with Crippen LogP contribution in [0.1, 0.15) is 0 Å². The minimum atomic E-state index is 1.16. The standard InChI is InChI=1S/C42H28N2.2C40H26N2/c1-3-13-29(14-4-1)30-23-25-32(26-24-30)43-39-22-12-9-19-36(39)41-40(43)28-27-35-34-18-8-11-21-38(34)44(42(35)41)37-20-10-7-17-33(37)31-15-5-2-6-16-31;1-2-10-27(11-3-1)29-18-21-31(22-19-29)42-36-16-8-6-14-33(36)34-24-25-38-39(40(34)42)35-15-7-9-17-37(35)41(38)32-23-20-28-12-4-5-13-30(28)26-32;1-2-10-27(11-3-1)29-18-21-31(22-19-29)41-37-17-9-7-15-35(37)39-38(41)25-24-34-33-14-6-8-16-36(33)42(40(34)39)32-23-20-28-12-4-5-13-30(28)26-32/h1-28H;2*1-26H. The summed E-state index contributed by atoms with van der Waals surface area (Å²) in [5.74, 6) is 0. The lowest BCUT2D eigenvalue weighted by atomic mass is 10.0. The second kappa shape index (κ2) is 30.5. The molecule has 6 nitrogen and oxygen atoms in total. The topological polar surface area (TPSA) is 29.6 Å². The van der Waals surface area contributed by atoms with E-state index in [-0.39, 0.29) is 0 Å². The SMILES string of the molecule is c1ccc(-c2ccc(-n3c4ccccc4c4c3ccc3c5ccccc5n(-c5ccc6ccccc6c5)c34)cc2)cc1.c1ccc(-c2ccc(-n3c4ccccc4c4c3ccc3c5ccccc5n(-c5ccccc5-c5ccccc5)c34)cc2)cc1.c1ccc(-c2ccc(-n3c4ccccc4c4ccc5c(c6ccccc6n5-c5ccc6ccccc6c5)c43)cc2)cc1. The van der Waals surface area contributed by atoms with Crippen molar-refractivity contribution in [2.24, 2.45) is 0 Å². The summed E-state index contributed by atoms with van der Waals surface area (Å²) in [7, 11) is 0. The number of hydrogen-bond acceptors (Lipinski definition) is 0. The van der Waals surface area contributed by atoms with Gasteiger partial charge < -0.3 is 27.4 Å². The predicted octanol–water partition coefficient (Wildman–Crippen LogP) is 32.6. The monoisotopic (exact) mass is 1630 g/mol. The van der Waals surface area contributed by atoms with E-state index in [0.29, 0.717) is 0 Å². The average Bonchev–Trinajstić information content (AvgIpc) is 1.56. The summed E-state index contributed by atoms with van der Waals surface area (Å²) in [6.45, 7) is 0. The first-order valence-corrected chi connectivity index (χ1v) is 44.0. The fourth-order valence-electron chi connectivity index (χ4n) is 20.6. The number of fused-ring (bicyclic) bond motifs is 23. The van der Waals surface area contributed by atoms with Crippen LogP contribution in [0, 0.1) is 0 Å². The number of nitrogens with zero attached hydrogens (tertiary/aromatic N) is 6. The first kappa shape index (κ1) is 73.6. The van der Waals surface area contributed by atoms with E-state index in [4.69, 9.17) is 0 Å². The quantitative estimate of drug-likeness (QED) is 0.131. The molecule has 128 heavy (non-hydrogen) atoms. The van der Waals surface area contributed by atoms with Crippen LogP contribution in [0.15, 0.2) is 485 Å². The van der Waals surface area contributed by atoms with E-state index in [1.165, 1.54) is 214 Å². The Hall–Kier alpha value is -17.1. The molecule has 0 aliphatic carbocycles. The van der Waals surface area contributed by atoms with E-state index in [2.05, 4.69) is 513 Å². The Balaban J connectivity index is 0.000000104. The fraction of sp³-hybridized carbons (Fsp3) is 0. The van der Waals surface area contributed by atoms with Crippen LogP contribution in [-0.4, -0.2) is 27.4 Å². The zero-order valence-corrected chi connectivity index (χ0v) is 69.9. The summed E-state index contributed by atoms with van der Waals surface area (Å²) in [5, 5.41) is 20.2. The highest BCUT2D eigenvalue weighted by Gasteiger charge is 2.27. The van der Waals surface area contributed by atoms with Crippen molar-refractivity contribution in [1.82, 2.24) is 27.4 Å². The Morgan fingerprint density at radius 1 is 0.125 bits per heavy atom. The maximum absolute atomic E-state index is 2.49. The van der Waals surface area contributed by atoms with Gasteiger partial charge in [-0.2, -0.15) is 0 Å². The van der Waals surface area contributed by atoms with Crippen LogP contribution < -0.4 is 0 Å². The van der Waals surface area contributed by atoms with E-state index in [0.717, 1.165) is 17.1 Å². The van der Waals surface area contributed by atoms with Crippen molar-refractivity contribution < 1.29 is 0 Å². The normalized spacial score (nSPS) is 11.8. The van der Waals surface area contributed by atoms with Gasteiger partial charge in [0.05, 0.1) is 71.9 Å². The van der Waals surface area contributed by atoms with Crippen LogP contribution in [0.2, 0.25) is 0 Å². The Morgan fingerprint density at radius 2 is 0.375 bits per heavy atom. The summed E-state index contributed by atoms with van der Waals surface area (Å²) < 4.78 is 14.7. The van der Waals surface area contributed by atoms with Crippen LogP contribution in [-0.2, 0) is 0 Å². The van der Waals surface area contributed by atoms with Gasteiger partial charge in [-0.1, -0.05) is 364 Å². The van der Waals surface area contributed by atoms with Crippen molar-refractivity contribution in [2.75, 3.05) is 0 Å². The molecule has 6 aromatic heterocycles. The molecular formula is C122H80N6. The molecule has 0 fully saturated rings. The molecule has 598 valence electrons. The third-order valence-electron chi connectivity index (χ3n) is 26.3. The van der Waals surface area contributed by atoms with Crippen molar-refractivity contribution >= 4 is 152 Å². The molecule has 0 N–H and O–H groups in total. The van der Waals surface area contributed by atoms with Crippen molar-refractivity contribution in [3.05, 3.63) is 485 Å². The number of rotatable bonds is 10. The molecule has 0 atom stereocenters. The molecule has 0 aliphatic heterocycles. The van der Waals surface area contributed by atoms with Gasteiger partial charge in [0.1, 0.15) is 0 Å². The molecule has 0 bridgehead atoms. The van der Waals surface area contributed by atoms with Crippen LogP contribution in [0.5, 0.6) is 0 Å². The first-order valence-electron chi connectivity index (χ1n) is 44.0. The Bertz CT molecular complexity index is 9020. The highest BCUT2D eigenvalue weighted by Crippen LogP contribution is 2.48. The molecule has 6 heteroatoms. The third-order valence-corrected chi connectivity index (χ3v) is 26.3. The predicted molar refractivity (Wildman–Crippen MR) is 542 cm³/mol. The highest BCUT2D eigenvalue weighted by molar-refractivity contribution is 6.29. The molecule has 0 aliphatic rings. The van der Waals surface area contributed by atoms with Gasteiger partial charge in [-0.25, -0.2) is 0 Å². The van der Waals surface area contributed by atoms with Gasteiger partial charge in [-0.3, -0.25) is 0 Å². The van der Waals surface area contributed by atoms with Gasteiger partial charge in [0, 0.05) is 98.6 Å². The lowest BCUT2D eigenvalue weighted by Crippen LogP contribution is -1.98. The van der Waals surface area contributed by atoms with Crippen molar-refractivity contribution in [1.29, 1.82) is 0 Å². The molecular weight excluding hydrogens is 1550 g/mol. The molecule has 6 heterocycles. The van der Waals surface area contributed by atoms with Crippen LogP contribution in [0.4, 0.5) is 0 Å². The van der Waals surface area contributed by atoms with Gasteiger partial charge in [0.2, 0.25) is 0 Å². The Labute approximate surface area is 738 Å². The van der Waals surface area contributed by atoms with E-state index in [1.54, 1.807) is 0 Å². The molecule has 21 aromatic carbocycles. The second-order valence-corrected chi connectivity index (χ2v) is 33.4. The largest absolute Gasteiger partial charge is 0.309 e. The Morgan fingerprint density at radius 3 is 0.758 bits per heavy atom. The van der Waals surface area contributed by atoms with Crippen molar-refractivity contribution in [3.63, 3.8) is 0 Å². The molecule has 0 amide bonds. The van der Waals surface area contributed by atoms with Gasteiger partial charge in [0.15, 0.2) is 0 Å². The van der Waals surface area contributed by atoms with Crippen LogP contribution in [0.3, 0.4) is 0 Å². The molecule has 0 radical (unpaired) electrons. The molecule has 0 unspecified atom stereocenters. The van der Waals surface area contributed by atoms with Gasteiger partial charge in [-0.05, 0) is 182 Å². The maximum Gasteiger partial charge on any atom is 0.0641 e. The molecule has 27 aromatic rings. The second-order valence-electron chi connectivity index (χ2n) is 33.4. The van der Waals surface area contributed by atoms with Gasteiger partial charge >= 0.3 is 0 Å². The zero-order valence-electron chi connectivity index (χ0n) is 69.9. The summed E-state index contributed by atoms with van der Waals surface area (Å²) in [4.78, 5) is 0. The number of aromatic nitrogens is 6. The number of para-hydroxylation sites is 7. The molecule has 0 spiro atoms. The van der Waals surface area contributed by atoms with E-state index in [1.807, 2.05) is 0 Å². The lowest BCUT2D eigenvalue weighted by Gasteiger charge is -2.15. The average molecular weight is 1630 g/mol. The van der Waals surface area contributed by atoms with Gasteiger partial charge in [0.25, 0.3) is 0 Å². The van der Waals surface area contributed by atoms with E-state index in [9.17, 15) is 0 Å². The summed E-state index contributed by atoms with van der Waals surface area (Å²) >= 11 is 0. The highest BCUT2D eigenvalue weighted by atomic mass is 15.0.